The summed E-state index contributed by atoms with van der Waals surface area (Å²) in [7, 11) is 1.64. The zero-order valence-electron chi connectivity index (χ0n) is 13.3. The Labute approximate surface area is 131 Å². The average Bonchev–Trinajstić information content (AvgIpc) is 2.85. The van der Waals surface area contributed by atoms with E-state index in [1.54, 1.807) is 7.11 Å². The lowest BCUT2D eigenvalue weighted by Gasteiger charge is -2.17. The number of ether oxygens (including phenoxy) is 1. The SMILES string of the molecule is CCCC(=O)N[C@H]1CC(=O)N(CCc2ccc(OC)cc2)C1. The number of likely N-dealkylation sites (tertiary alicyclic amines) is 1. The summed E-state index contributed by atoms with van der Waals surface area (Å²) in [4.78, 5) is 25.4. The number of rotatable bonds is 7. The second-order valence-electron chi connectivity index (χ2n) is 5.66. The van der Waals surface area contributed by atoms with E-state index in [0.29, 0.717) is 25.9 Å². The van der Waals surface area contributed by atoms with Gasteiger partial charge in [-0.2, -0.15) is 0 Å². The number of benzene rings is 1. The predicted octanol–water partition coefficient (Wildman–Crippen LogP) is 1.75. The van der Waals surface area contributed by atoms with Gasteiger partial charge in [0.15, 0.2) is 0 Å². The minimum Gasteiger partial charge on any atom is -0.497 e. The van der Waals surface area contributed by atoms with Crippen molar-refractivity contribution in [2.45, 2.75) is 38.6 Å². The van der Waals surface area contributed by atoms with Crippen molar-refractivity contribution in [3.63, 3.8) is 0 Å². The molecule has 1 atom stereocenters. The van der Waals surface area contributed by atoms with Crippen molar-refractivity contribution in [2.75, 3.05) is 20.2 Å². The lowest BCUT2D eigenvalue weighted by Crippen LogP contribution is -2.37. The van der Waals surface area contributed by atoms with Crippen molar-refractivity contribution >= 4 is 11.8 Å². The predicted molar refractivity (Wildman–Crippen MR) is 84.7 cm³/mol. The van der Waals surface area contributed by atoms with Crippen molar-refractivity contribution in [1.29, 1.82) is 0 Å². The summed E-state index contributed by atoms with van der Waals surface area (Å²) in [5.74, 6) is 0.993. The van der Waals surface area contributed by atoms with Gasteiger partial charge >= 0.3 is 0 Å². The maximum Gasteiger partial charge on any atom is 0.224 e. The minimum atomic E-state index is -0.0394. The normalized spacial score (nSPS) is 17.6. The molecule has 5 nitrogen and oxygen atoms in total. The third kappa shape index (κ3) is 4.48. The number of carbonyl (C=O) groups excluding carboxylic acids is 2. The molecule has 0 spiro atoms. The standard InChI is InChI=1S/C17H24N2O3/c1-3-4-16(20)18-14-11-17(21)19(12-14)10-9-13-5-7-15(22-2)8-6-13/h5-8,14H,3-4,9-12H2,1-2H3,(H,18,20)/t14-/m0/s1. The van der Waals surface area contributed by atoms with Crippen LogP contribution in [0.5, 0.6) is 5.75 Å². The Morgan fingerprint density at radius 2 is 2.09 bits per heavy atom. The largest absolute Gasteiger partial charge is 0.497 e. The molecule has 22 heavy (non-hydrogen) atoms. The van der Waals surface area contributed by atoms with Gasteiger partial charge in [-0.05, 0) is 30.5 Å². The highest BCUT2D eigenvalue weighted by atomic mass is 16.5. The molecule has 1 aliphatic rings. The lowest BCUT2D eigenvalue weighted by atomic mass is 10.1. The van der Waals surface area contributed by atoms with E-state index >= 15 is 0 Å². The van der Waals surface area contributed by atoms with E-state index < -0.39 is 0 Å². The number of amides is 2. The van der Waals surface area contributed by atoms with E-state index in [4.69, 9.17) is 4.74 Å². The van der Waals surface area contributed by atoms with Crippen LogP contribution in [-0.2, 0) is 16.0 Å². The van der Waals surface area contributed by atoms with Gasteiger partial charge in [0.05, 0.1) is 13.2 Å². The van der Waals surface area contributed by atoms with Gasteiger partial charge in [-0.15, -0.1) is 0 Å². The topological polar surface area (TPSA) is 58.6 Å². The molecule has 1 aliphatic heterocycles. The molecule has 0 radical (unpaired) electrons. The smallest absolute Gasteiger partial charge is 0.224 e. The van der Waals surface area contributed by atoms with Crippen LogP contribution >= 0.6 is 0 Å². The number of methoxy groups -OCH3 is 1. The van der Waals surface area contributed by atoms with E-state index in [2.05, 4.69) is 5.32 Å². The first kappa shape index (κ1) is 16.3. The molecule has 1 N–H and O–H groups in total. The van der Waals surface area contributed by atoms with E-state index in [1.165, 1.54) is 5.56 Å². The van der Waals surface area contributed by atoms with E-state index in [1.807, 2.05) is 36.1 Å². The third-order valence-electron chi connectivity index (χ3n) is 3.89. The molecule has 2 rings (SSSR count). The van der Waals surface area contributed by atoms with Gasteiger partial charge < -0.3 is 15.0 Å². The molecular weight excluding hydrogens is 280 g/mol. The second kappa shape index (κ2) is 7.82. The average molecular weight is 304 g/mol. The van der Waals surface area contributed by atoms with E-state index in [0.717, 1.165) is 18.6 Å². The van der Waals surface area contributed by atoms with Crippen molar-refractivity contribution in [3.05, 3.63) is 29.8 Å². The zero-order valence-corrected chi connectivity index (χ0v) is 13.3. The molecule has 0 aliphatic carbocycles. The molecule has 0 unspecified atom stereocenters. The van der Waals surface area contributed by atoms with Crippen LogP contribution in [0.3, 0.4) is 0 Å². The molecule has 1 aromatic carbocycles. The Morgan fingerprint density at radius 1 is 1.36 bits per heavy atom. The number of hydrogen-bond donors (Lipinski definition) is 1. The second-order valence-corrected chi connectivity index (χ2v) is 5.66. The Bertz CT molecular complexity index is 513. The third-order valence-corrected chi connectivity index (χ3v) is 3.89. The maximum absolute atomic E-state index is 12.0. The van der Waals surface area contributed by atoms with Gasteiger partial charge in [0, 0.05) is 25.9 Å². The Kier molecular flexibility index (Phi) is 5.81. The van der Waals surface area contributed by atoms with Crippen LogP contribution in [0.25, 0.3) is 0 Å². The van der Waals surface area contributed by atoms with Gasteiger partial charge in [0.25, 0.3) is 0 Å². The molecule has 1 fully saturated rings. The summed E-state index contributed by atoms with van der Waals surface area (Å²) in [5.41, 5.74) is 1.17. The summed E-state index contributed by atoms with van der Waals surface area (Å²) in [6.45, 7) is 3.27. The van der Waals surface area contributed by atoms with Crippen LogP contribution in [0, 0.1) is 0 Å². The Balaban J connectivity index is 1.80. The summed E-state index contributed by atoms with van der Waals surface area (Å²) < 4.78 is 5.13. The first-order valence-electron chi connectivity index (χ1n) is 7.82. The molecule has 0 saturated carbocycles. The Hall–Kier alpha value is -2.04. The van der Waals surface area contributed by atoms with Crippen molar-refractivity contribution in [3.8, 4) is 5.75 Å². The number of nitrogens with one attached hydrogen (secondary N) is 1. The molecule has 0 bridgehead atoms. The van der Waals surface area contributed by atoms with Gasteiger partial charge in [-0.1, -0.05) is 19.1 Å². The number of hydrogen-bond acceptors (Lipinski definition) is 3. The molecule has 1 saturated heterocycles. The number of carbonyl (C=O) groups is 2. The molecular formula is C17H24N2O3. The summed E-state index contributed by atoms with van der Waals surface area (Å²) in [5, 5.41) is 2.94. The van der Waals surface area contributed by atoms with Gasteiger partial charge in [-0.25, -0.2) is 0 Å². The van der Waals surface area contributed by atoms with Crippen LogP contribution in [-0.4, -0.2) is 43.0 Å². The highest BCUT2D eigenvalue weighted by Gasteiger charge is 2.29. The molecule has 0 aromatic heterocycles. The number of nitrogens with zero attached hydrogens (tertiary/aromatic N) is 1. The van der Waals surface area contributed by atoms with Crippen molar-refractivity contribution in [1.82, 2.24) is 10.2 Å². The molecule has 1 aromatic rings. The lowest BCUT2D eigenvalue weighted by molar-refractivity contribution is -0.127. The van der Waals surface area contributed by atoms with Crippen molar-refractivity contribution < 1.29 is 14.3 Å². The van der Waals surface area contributed by atoms with Gasteiger partial charge in [0.1, 0.15) is 5.75 Å². The zero-order chi connectivity index (χ0) is 15.9. The summed E-state index contributed by atoms with van der Waals surface area (Å²) >= 11 is 0. The summed E-state index contributed by atoms with van der Waals surface area (Å²) in [6, 6.07) is 7.84. The molecule has 2 amide bonds. The Morgan fingerprint density at radius 3 is 2.73 bits per heavy atom. The van der Waals surface area contributed by atoms with Crippen molar-refractivity contribution in [2.24, 2.45) is 0 Å². The minimum absolute atomic E-state index is 0.0392. The quantitative estimate of drug-likeness (QED) is 0.835. The fraction of sp³-hybridized carbons (Fsp3) is 0.529. The fourth-order valence-electron chi connectivity index (χ4n) is 2.67. The first-order valence-corrected chi connectivity index (χ1v) is 7.82. The maximum atomic E-state index is 12.0. The van der Waals surface area contributed by atoms with Crippen LogP contribution in [0.15, 0.2) is 24.3 Å². The van der Waals surface area contributed by atoms with Crippen LogP contribution in [0.4, 0.5) is 0 Å². The summed E-state index contributed by atoms with van der Waals surface area (Å²) in [6.07, 6.45) is 2.58. The fourth-order valence-corrected chi connectivity index (χ4v) is 2.67. The molecule has 120 valence electrons. The van der Waals surface area contributed by atoms with Crippen LogP contribution < -0.4 is 10.1 Å². The monoisotopic (exact) mass is 304 g/mol. The molecule has 5 heteroatoms. The molecule has 1 heterocycles. The first-order chi connectivity index (χ1) is 10.6. The van der Waals surface area contributed by atoms with Gasteiger partial charge in [-0.3, -0.25) is 9.59 Å². The van der Waals surface area contributed by atoms with Crippen LogP contribution in [0.2, 0.25) is 0 Å². The van der Waals surface area contributed by atoms with E-state index in [-0.39, 0.29) is 17.9 Å². The van der Waals surface area contributed by atoms with E-state index in [9.17, 15) is 9.59 Å². The highest BCUT2D eigenvalue weighted by molar-refractivity contribution is 5.82. The van der Waals surface area contributed by atoms with Gasteiger partial charge in [0.2, 0.25) is 11.8 Å². The highest BCUT2D eigenvalue weighted by Crippen LogP contribution is 2.15. The van der Waals surface area contributed by atoms with Crippen LogP contribution in [0.1, 0.15) is 31.7 Å².